The molecule has 1 aromatic carbocycles. The molecule has 1 amide bonds. The van der Waals surface area contributed by atoms with Crippen molar-refractivity contribution in [2.75, 3.05) is 6.54 Å². The van der Waals surface area contributed by atoms with E-state index < -0.39 is 11.5 Å². The second-order valence-electron chi connectivity index (χ2n) is 7.38. The van der Waals surface area contributed by atoms with Gasteiger partial charge < -0.3 is 14.6 Å². The number of halogens is 2. The Labute approximate surface area is 176 Å². The highest BCUT2D eigenvalue weighted by Gasteiger charge is 2.32. The van der Waals surface area contributed by atoms with Gasteiger partial charge in [0.1, 0.15) is 6.61 Å². The largest absolute Gasteiger partial charge is 0.445 e. The highest BCUT2D eigenvalue weighted by molar-refractivity contribution is 6.30. The number of piperidine rings is 1. The molecule has 1 N–H and O–H groups in total. The van der Waals surface area contributed by atoms with Crippen LogP contribution in [0.25, 0.3) is 10.9 Å². The van der Waals surface area contributed by atoms with Crippen LogP contribution in [0.2, 0.25) is 5.15 Å². The van der Waals surface area contributed by atoms with Crippen LogP contribution >= 0.6 is 11.6 Å². The molecule has 0 radical (unpaired) electrons. The first-order valence-electron chi connectivity index (χ1n) is 9.65. The first kappa shape index (κ1) is 20.3. The third-order valence-electron chi connectivity index (χ3n) is 5.41. The Morgan fingerprint density at radius 1 is 1.37 bits per heavy atom. The van der Waals surface area contributed by atoms with Crippen LogP contribution in [-0.2, 0) is 11.3 Å². The van der Waals surface area contributed by atoms with Crippen molar-refractivity contribution in [3.63, 3.8) is 0 Å². The van der Waals surface area contributed by atoms with E-state index in [0.717, 1.165) is 5.56 Å². The number of carbonyl (C=O) groups is 1. The molecule has 1 fully saturated rings. The zero-order valence-corrected chi connectivity index (χ0v) is 17.0. The Morgan fingerprint density at radius 2 is 2.13 bits per heavy atom. The van der Waals surface area contributed by atoms with Crippen molar-refractivity contribution in [2.45, 2.75) is 38.3 Å². The second kappa shape index (κ2) is 8.39. The number of carbonyl (C=O) groups excluding carboxylic acids is 1. The summed E-state index contributed by atoms with van der Waals surface area (Å²) in [6.45, 7) is 2.57. The fourth-order valence-corrected chi connectivity index (χ4v) is 4.03. The van der Waals surface area contributed by atoms with Gasteiger partial charge >= 0.3 is 11.8 Å². The number of amides is 1. The second-order valence-corrected chi connectivity index (χ2v) is 7.74. The third kappa shape index (κ3) is 4.00. The Hall–Kier alpha value is -3.00. The smallest absolute Gasteiger partial charge is 0.410 e. The van der Waals surface area contributed by atoms with E-state index >= 15 is 0 Å². The van der Waals surface area contributed by atoms with Crippen LogP contribution in [0.4, 0.5) is 9.18 Å². The zero-order valence-electron chi connectivity index (χ0n) is 16.3. The lowest BCUT2D eigenvalue weighted by Crippen LogP contribution is -2.44. The van der Waals surface area contributed by atoms with Crippen LogP contribution < -0.4 is 5.69 Å². The zero-order chi connectivity index (χ0) is 21.3. The Morgan fingerprint density at radius 3 is 2.87 bits per heavy atom. The van der Waals surface area contributed by atoms with E-state index in [0.29, 0.717) is 30.5 Å². The maximum absolute atomic E-state index is 14.3. The molecule has 0 bridgehead atoms. The van der Waals surface area contributed by atoms with Gasteiger partial charge in [-0.2, -0.15) is 4.98 Å². The normalized spacial score (nSPS) is 19.1. The van der Waals surface area contributed by atoms with Crippen LogP contribution in [0.3, 0.4) is 0 Å². The molecule has 2 aromatic heterocycles. The number of likely N-dealkylation sites (tertiary alicyclic amines) is 1. The van der Waals surface area contributed by atoms with Crippen LogP contribution in [-0.4, -0.2) is 38.5 Å². The molecule has 3 heterocycles. The molecule has 2 atom stereocenters. The lowest BCUT2D eigenvalue weighted by molar-refractivity contribution is 0.0683. The summed E-state index contributed by atoms with van der Waals surface area (Å²) in [7, 11) is 0. The van der Waals surface area contributed by atoms with Crippen molar-refractivity contribution in [1.82, 2.24) is 19.9 Å². The van der Waals surface area contributed by atoms with Crippen molar-refractivity contribution < 1.29 is 13.9 Å². The molecule has 1 saturated heterocycles. The number of pyridine rings is 1. The fourth-order valence-electron chi connectivity index (χ4n) is 3.89. The molecule has 1 aliphatic rings. The van der Waals surface area contributed by atoms with Gasteiger partial charge in [0, 0.05) is 30.1 Å². The van der Waals surface area contributed by atoms with Gasteiger partial charge in [-0.25, -0.2) is 19.0 Å². The Bertz CT molecular complexity index is 1140. The summed E-state index contributed by atoms with van der Waals surface area (Å²) < 4.78 is 19.8. The molecule has 1 unspecified atom stereocenters. The summed E-state index contributed by atoms with van der Waals surface area (Å²) in [6, 6.07) is 9.34. The molecule has 7 nitrogen and oxygen atoms in total. The number of nitrogens with one attached hydrogen (secondary N) is 1. The van der Waals surface area contributed by atoms with Crippen molar-refractivity contribution in [2.24, 2.45) is 0 Å². The molecule has 3 aromatic rings. The van der Waals surface area contributed by atoms with Gasteiger partial charge in [0.2, 0.25) is 0 Å². The van der Waals surface area contributed by atoms with Gasteiger partial charge in [-0.1, -0.05) is 41.9 Å². The first-order chi connectivity index (χ1) is 14.4. The first-order valence-corrected chi connectivity index (χ1v) is 10.0. The molecule has 0 spiro atoms. The highest BCUT2D eigenvalue weighted by Crippen LogP contribution is 2.34. The lowest BCUT2D eigenvalue weighted by Gasteiger charge is -2.36. The standard InChI is InChI=1S/C21H20ClFN4O3/c1-12-9-14(7-8-27(12)21(29)30-11-13-5-3-2-4-6-13)17-15-10-24-19(22)16(23)18(15)26-20(28)25-17/h2-6,10,12,14H,7-9,11H2,1H3,(H,25,26,28)/t12-,14?/m0/s1. The van der Waals surface area contributed by atoms with Crippen molar-refractivity contribution in [1.29, 1.82) is 0 Å². The minimum absolute atomic E-state index is 0.00218. The number of aromatic nitrogens is 3. The van der Waals surface area contributed by atoms with E-state index in [-0.39, 0.29) is 35.3 Å². The van der Waals surface area contributed by atoms with Crippen molar-refractivity contribution in [3.8, 4) is 0 Å². The van der Waals surface area contributed by atoms with Crippen LogP contribution in [0.5, 0.6) is 0 Å². The minimum Gasteiger partial charge on any atom is -0.445 e. The Kier molecular flexibility index (Phi) is 5.67. The summed E-state index contributed by atoms with van der Waals surface area (Å²) >= 11 is 5.74. The van der Waals surface area contributed by atoms with Crippen molar-refractivity contribution >= 4 is 28.6 Å². The summed E-state index contributed by atoms with van der Waals surface area (Å²) in [4.78, 5) is 36.5. The van der Waals surface area contributed by atoms with Crippen LogP contribution in [0, 0.1) is 5.82 Å². The van der Waals surface area contributed by atoms with Crippen LogP contribution in [0.15, 0.2) is 41.3 Å². The molecular weight excluding hydrogens is 411 g/mol. The van der Waals surface area contributed by atoms with E-state index in [4.69, 9.17) is 16.3 Å². The highest BCUT2D eigenvalue weighted by atomic mass is 35.5. The predicted molar refractivity (Wildman–Crippen MR) is 110 cm³/mol. The van der Waals surface area contributed by atoms with Gasteiger partial charge in [0.05, 0.1) is 11.2 Å². The molecule has 0 saturated carbocycles. The molecule has 156 valence electrons. The van der Waals surface area contributed by atoms with E-state index in [1.54, 1.807) is 4.90 Å². The number of benzene rings is 1. The molecular formula is C21H20ClFN4O3. The third-order valence-corrected chi connectivity index (χ3v) is 5.67. The molecule has 30 heavy (non-hydrogen) atoms. The van der Waals surface area contributed by atoms with Gasteiger partial charge in [0.15, 0.2) is 11.0 Å². The Balaban J connectivity index is 1.50. The van der Waals surface area contributed by atoms with E-state index in [1.165, 1.54) is 6.20 Å². The number of hydrogen-bond donors (Lipinski definition) is 1. The van der Waals surface area contributed by atoms with E-state index in [2.05, 4.69) is 15.0 Å². The van der Waals surface area contributed by atoms with Gasteiger partial charge in [-0.05, 0) is 25.3 Å². The van der Waals surface area contributed by atoms with E-state index in [9.17, 15) is 14.0 Å². The van der Waals surface area contributed by atoms with Gasteiger partial charge in [-0.15, -0.1) is 0 Å². The fraction of sp³-hybridized carbons (Fsp3) is 0.333. The minimum atomic E-state index is -0.773. The topological polar surface area (TPSA) is 88.2 Å². The molecule has 0 aliphatic carbocycles. The molecule has 4 rings (SSSR count). The van der Waals surface area contributed by atoms with Gasteiger partial charge in [0.25, 0.3) is 0 Å². The number of rotatable bonds is 3. The molecule has 1 aliphatic heterocycles. The number of hydrogen-bond acceptors (Lipinski definition) is 5. The summed E-state index contributed by atoms with van der Waals surface area (Å²) in [5, 5.41) is 0.119. The number of nitrogens with zero attached hydrogens (tertiary/aromatic N) is 3. The van der Waals surface area contributed by atoms with Gasteiger partial charge in [-0.3, -0.25) is 0 Å². The lowest BCUT2D eigenvalue weighted by atomic mass is 9.87. The summed E-state index contributed by atoms with van der Waals surface area (Å²) in [5.74, 6) is -0.893. The van der Waals surface area contributed by atoms with E-state index in [1.807, 2.05) is 37.3 Å². The quantitative estimate of drug-likeness (QED) is 0.634. The number of H-pyrrole nitrogens is 1. The monoisotopic (exact) mass is 430 g/mol. The number of aromatic amines is 1. The molecule has 9 heteroatoms. The summed E-state index contributed by atoms with van der Waals surface area (Å²) in [5.41, 5.74) is 0.750. The predicted octanol–water partition coefficient (Wildman–Crippen LogP) is 4.02. The maximum Gasteiger partial charge on any atom is 0.410 e. The van der Waals surface area contributed by atoms with Crippen molar-refractivity contribution in [3.05, 3.63) is 69.2 Å². The summed E-state index contributed by atoms with van der Waals surface area (Å²) in [6.07, 6.45) is 2.18. The van der Waals surface area contributed by atoms with Crippen LogP contribution in [0.1, 0.15) is 36.9 Å². The number of fused-ring (bicyclic) bond motifs is 1. The SMILES string of the molecule is C[C@H]1CC(c2nc(=O)[nH]c3c(F)c(Cl)ncc23)CCN1C(=O)OCc1ccccc1. The number of ether oxygens (including phenoxy) is 1. The average Bonchev–Trinajstić information content (AvgIpc) is 2.75. The maximum atomic E-state index is 14.3. The average molecular weight is 431 g/mol.